The highest BCUT2D eigenvalue weighted by Crippen LogP contribution is 2.33. The van der Waals surface area contributed by atoms with Gasteiger partial charge in [0.15, 0.2) is 0 Å². The number of nitrogens with one attached hydrogen (secondary N) is 2. The Morgan fingerprint density at radius 2 is 1.60 bits per heavy atom. The molecule has 1 heterocycles. The lowest BCUT2D eigenvalue weighted by molar-refractivity contribution is -0.117. The SMILES string of the molecule is COc1ccc(NC(=O)[C@H](C)NC(=O)c2cc3c(OC)cc(OC)cc3n2C)cc1. The quantitative estimate of drug-likeness (QED) is 0.624. The molecule has 8 heteroatoms. The van der Waals surface area contributed by atoms with Crippen LogP contribution in [0.5, 0.6) is 17.2 Å². The summed E-state index contributed by atoms with van der Waals surface area (Å²) in [5.74, 6) is 1.22. The zero-order chi connectivity index (χ0) is 21.8. The highest BCUT2D eigenvalue weighted by atomic mass is 16.5. The molecule has 0 saturated carbocycles. The van der Waals surface area contributed by atoms with E-state index in [4.69, 9.17) is 14.2 Å². The van der Waals surface area contributed by atoms with E-state index in [1.54, 1.807) is 76.3 Å². The molecule has 0 aliphatic rings. The number of amides is 2. The Balaban J connectivity index is 1.76. The van der Waals surface area contributed by atoms with Crippen LogP contribution in [0.15, 0.2) is 42.5 Å². The van der Waals surface area contributed by atoms with E-state index in [1.165, 1.54) is 0 Å². The number of hydrogen-bond acceptors (Lipinski definition) is 5. The van der Waals surface area contributed by atoms with Gasteiger partial charge in [0.25, 0.3) is 5.91 Å². The third-order valence-corrected chi connectivity index (χ3v) is 4.88. The van der Waals surface area contributed by atoms with Crippen LogP contribution >= 0.6 is 0 Å². The lowest BCUT2D eigenvalue weighted by atomic mass is 10.2. The molecule has 158 valence electrons. The Kier molecular flexibility index (Phi) is 6.15. The average Bonchev–Trinajstić information content (AvgIpc) is 3.10. The van der Waals surface area contributed by atoms with Crippen molar-refractivity contribution >= 4 is 28.4 Å². The average molecular weight is 411 g/mol. The number of methoxy groups -OCH3 is 3. The van der Waals surface area contributed by atoms with Crippen LogP contribution in [0.4, 0.5) is 5.69 Å². The monoisotopic (exact) mass is 411 g/mol. The van der Waals surface area contributed by atoms with E-state index in [9.17, 15) is 9.59 Å². The van der Waals surface area contributed by atoms with Gasteiger partial charge in [-0.3, -0.25) is 9.59 Å². The molecule has 8 nitrogen and oxygen atoms in total. The zero-order valence-electron chi connectivity index (χ0n) is 17.6. The van der Waals surface area contributed by atoms with Crippen LogP contribution in [0.3, 0.4) is 0 Å². The molecule has 0 spiro atoms. The Morgan fingerprint density at radius 3 is 2.20 bits per heavy atom. The molecule has 2 amide bonds. The Morgan fingerprint density at radius 1 is 0.933 bits per heavy atom. The molecule has 1 aromatic heterocycles. The summed E-state index contributed by atoms with van der Waals surface area (Å²) in [4.78, 5) is 25.3. The molecule has 0 aliphatic carbocycles. The summed E-state index contributed by atoms with van der Waals surface area (Å²) >= 11 is 0. The summed E-state index contributed by atoms with van der Waals surface area (Å²) in [5.41, 5.74) is 1.80. The number of carbonyl (C=O) groups is 2. The zero-order valence-corrected chi connectivity index (χ0v) is 17.6. The Labute approximate surface area is 174 Å². The van der Waals surface area contributed by atoms with Gasteiger partial charge in [0, 0.05) is 30.3 Å². The van der Waals surface area contributed by atoms with Gasteiger partial charge in [0.1, 0.15) is 29.0 Å². The number of rotatable bonds is 7. The van der Waals surface area contributed by atoms with Crippen molar-refractivity contribution in [1.82, 2.24) is 9.88 Å². The van der Waals surface area contributed by atoms with Crippen molar-refractivity contribution in [1.29, 1.82) is 0 Å². The highest BCUT2D eigenvalue weighted by Gasteiger charge is 2.21. The number of benzene rings is 2. The number of fused-ring (bicyclic) bond motifs is 1. The summed E-state index contributed by atoms with van der Waals surface area (Å²) in [6, 6.07) is 11.5. The van der Waals surface area contributed by atoms with Crippen LogP contribution < -0.4 is 24.8 Å². The number of ether oxygens (including phenoxy) is 3. The molecule has 3 aromatic rings. The molecule has 0 unspecified atom stereocenters. The van der Waals surface area contributed by atoms with Crippen LogP contribution in [0.1, 0.15) is 17.4 Å². The number of aromatic nitrogens is 1. The first-order chi connectivity index (χ1) is 14.4. The van der Waals surface area contributed by atoms with Gasteiger partial charge < -0.3 is 29.4 Å². The van der Waals surface area contributed by atoms with Crippen molar-refractivity contribution in [3.05, 3.63) is 48.2 Å². The molecule has 2 aromatic carbocycles. The fraction of sp³-hybridized carbons (Fsp3) is 0.273. The first-order valence-electron chi connectivity index (χ1n) is 9.35. The molecular formula is C22H25N3O5. The predicted molar refractivity (Wildman–Crippen MR) is 115 cm³/mol. The highest BCUT2D eigenvalue weighted by molar-refractivity contribution is 6.04. The second-order valence-electron chi connectivity index (χ2n) is 6.76. The van der Waals surface area contributed by atoms with Crippen molar-refractivity contribution < 1.29 is 23.8 Å². The third kappa shape index (κ3) is 4.17. The van der Waals surface area contributed by atoms with Gasteiger partial charge in [-0.05, 0) is 37.3 Å². The summed E-state index contributed by atoms with van der Waals surface area (Å²) in [6.07, 6.45) is 0. The van der Waals surface area contributed by atoms with Crippen molar-refractivity contribution in [2.75, 3.05) is 26.6 Å². The summed E-state index contributed by atoms with van der Waals surface area (Å²) in [7, 11) is 6.48. The molecule has 0 bridgehead atoms. The second-order valence-corrected chi connectivity index (χ2v) is 6.76. The third-order valence-electron chi connectivity index (χ3n) is 4.88. The maximum Gasteiger partial charge on any atom is 0.268 e. The smallest absolute Gasteiger partial charge is 0.268 e. The predicted octanol–water partition coefficient (Wildman–Crippen LogP) is 2.96. The molecule has 0 aliphatic heterocycles. The van der Waals surface area contributed by atoms with E-state index in [0.29, 0.717) is 28.6 Å². The lowest BCUT2D eigenvalue weighted by Crippen LogP contribution is -2.42. The van der Waals surface area contributed by atoms with Crippen molar-refractivity contribution in [3.8, 4) is 17.2 Å². The van der Waals surface area contributed by atoms with E-state index in [1.807, 2.05) is 6.07 Å². The molecule has 3 rings (SSSR count). The molecule has 2 N–H and O–H groups in total. The Hall–Kier alpha value is -3.68. The van der Waals surface area contributed by atoms with E-state index in [0.717, 1.165) is 10.9 Å². The van der Waals surface area contributed by atoms with Gasteiger partial charge in [-0.15, -0.1) is 0 Å². The Bertz CT molecular complexity index is 1070. The molecule has 30 heavy (non-hydrogen) atoms. The van der Waals surface area contributed by atoms with E-state index >= 15 is 0 Å². The molecule has 0 radical (unpaired) electrons. The van der Waals surface area contributed by atoms with Crippen molar-refractivity contribution in [2.45, 2.75) is 13.0 Å². The maximum atomic E-state index is 12.8. The molecule has 1 atom stereocenters. The van der Waals surface area contributed by atoms with Gasteiger partial charge in [0.2, 0.25) is 5.91 Å². The second kappa shape index (κ2) is 8.77. The number of carbonyl (C=O) groups excluding carboxylic acids is 2. The van der Waals surface area contributed by atoms with Crippen LogP contribution in [0, 0.1) is 0 Å². The first kappa shape index (κ1) is 21.0. The molecular weight excluding hydrogens is 386 g/mol. The van der Waals surface area contributed by atoms with Crippen LogP contribution in [-0.2, 0) is 11.8 Å². The van der Waals surface area contributed by atoms with Gasteiger partial charge in [-0.1, -0.05) is 0 Å². The molecule has 0 saturated heterocycles. The first-order valence-corrected chi connectivity index (χ1v) is 9.35. The van der Waals surface area contributed by atoms with E-state index in [-0.39, 0.29) is 11.8 Å². The topological polar surface area (TPSA) is 90.8 Å². The minimum absolute atomic E-state index is 0.327. The molecule has 0 fully saturated rings. The number of nitrogens with zero attached hydrogens (tertiary/aromatic N) is 1. The van der Waals surface area contributed by atoms with Crippen molar-refractivity contribution in [2.24, 2.45) is 7.05 Å². The summed E-state index contributed by atoms with van der Waals surface area (Å²) < 4.78 is 17.6. The number of aryl methyl sites for hydroxylation is 1. The largest absolute Gasteiger partial charge is 0.497 e. The normalized spacial score (nSPS) is 11.6. The van der Waals surface area contributed by atoms with Gasteiger partial charge in [0.05, 0.1) is 26.8 Å². The number of hydrogen-bond donors (Lipinski definition) is 2. The van der Waals surface area contributed by atoms with Crippen LogP contribution in [-0.4, -0.2) is 43.8 Å². The van der Waals surface area contributed by atoms with E-state index < -0.39 is 6.04 Å². The van der Waals surface area contributed by atoms with Crippen LogP contribution in [0.25, 0.3) is 10.9 Å². The van der Waals surface area contributed by atoms with E-state index in [2.05, 4.69) is 10.6 Å². The number of anilines is 1. The minimum Gasteiger partial charge on any atom is -0.497 e. The fourth-order valence-corrected chi connectivity index (χ4v) is 3.14. The van der Waals surface area contributed by atoms with Gasteiger partial charge in [-0.25, -0.2) is 0 Å². The van der Waals surface area contributed by atoms with Crippen LogP contribution in [0.2, 0.25) is 0 Å². The minimum atomic E-state index is -0.742. The van der Waals surface area contributed by atoms with Gasteiger partial charge >= 0.3 is 0 Å². The van der Waals surface area contributed by atoms with Crippen molar-refractivity contribution in [3.63, 3.8) is 0 Å². The fourth-order valence-electron chi connectivity index (χ4n) is 3.14. The van der Waals surface area contributed by atoms with Gasteiger partial charge in [-0.2, -0.15) is 0 Å². The maximum absolute atomic E-state index is 12.8. The summed E-state index contributed by atoms with van der Waals surface area (Å²) in [5, 5.41) is 6.29. The standard InChI is InChI=1S/C22H25N3O5/c1-13(21(26)24-14-6-8-15(28-3)9-7-14)23-22(27)19-12-17-18(25(19)2)10-16(29-4)11-20(17)30-5/h6-13H,1-5H3,(H,23,27)(H,24,26)/t13-/m0/s1. The summed E-state index contributed by atoms with van der Waals surface area (Å²) in [6.45, 7) is 1.63. The lowest BCUT2D eigenvalue weighted by Gasteiger charge is -2.15.